The van der Waals surface area contributed by atoms with E-state index in [4.69, 9.17) is 0 Å². The van der Waals surface area contributed by atoms with E-state index in [1.807, 2.05) is 0 Å². The smallest absolute Gasteiger partial charge is 0.256 e. The lowest BCUT2D eigenvalue weighted by Crippen LogP contribution is -2.18. The Hall–Kier alpha value is -3.84. The van der Waals surface area contributed by atoms with Crippen molar-refractivity contribution >= 4 is 11.0 Å². The highest BCUT2D eigenvalue weighted by Crippen LogP contribution is 2.48. The first-order valence-electron chi connectivity index (χ1n) is 8.16. The molecule has 1 aliphatic carbocycles. The van der Waals surface area contributed by atoms with Crippen LogP contribution in [0.3, 0.4) is 0 Å². The predicted molar refractivity (Wildman–Crippen MR) is 85.7 cm³/mol. The summed E-state index contributed by atoms with van der Waals surface area (Å²) >= 11 is 0. The van der Waals surface area contributed by atoms with E-state index in [1.54, 1.807) is 0 Å². The molecule has 0 spiro atoms. The van der Waals surface area contributed by atoms with Gasteiger partial charge in [0.2, 0.25) is 29.1 Å². The number of benzene rings is 3. The summed E-state index contributed by atoms with van der Waals surface area (Å²) in [5, 5.41) is 7.41. The molecule has 4 rings (SSSR count). The highest BCUT2D eigenvalue weighted by molar-refractivity contribution is 6.03. The van der Waals surface area contributed by atoms with Gasteiger partial charge in [-0.25, -0.2) is 30.7 Å². The molecule has 14 heteroatoms. The number of hydrogen-bond donors (Lipinski definition) is 1. The topological polar surface area (TPSA) is 50.4 Å². The van der Waals surface area contributed by atoms with Crippen molar-refractivity contribution in [3.63, 3.8) is 0 Å². The van der Waals surface area contributed by atoms with Crippen molar-refractivity contribution in [1.29, 1.82) is 0 Å². The standard InChI is InChI=1S/C19HF11O3/c20-5-2(6(21)10(25)11(26)9(5)24)1-3-7(22)12(27)16(31)14(29)18(3)33-19-4(1)8(23)13(28)17(32)15(19)30/h31H. The molecule has 0 saturated heterocycles. The molecule has 2 aromatic carbocycles. The minimum absolute atomic E-state index is 1.83. The van der Waals surface area contributed by atoms with E-state index in [1.165, 1.54) is 0 Å². The summed E-state index contributed by atoms with van der Waals surface area (Å²) in [6.07, 6.45) is 0. The van der Waals surface area contributed by atoms with Gasteiger partial charge in [0, 0.05) is 5.56 Å². The molecule has 0 amide bonds. The number of phenolic OH excluding ortho intramolecular Hbond substituents is 1. The normalized spacial score (nSPS) is 11.7. The van der Waals surface area contributed by atoms with Crippen LogP contribution >= 0.6 is 0 Å². The van der Waals surface area contributed by atoms with Crippen molar-refractivity contribution in [1.82, 2.24) is 0 Å². The van der Waals surface area contributed by atoms with E-state index >= 15 is 0 Å². The summed E-state index contributed by atoms with van der Waals surface area (Å²) in [6.45, 7) is 0. The monoisotopic (exact) mass is 486 g/mol. The summed E-state index contributed by atoms with van der Waals surface area (Å²) in [6, 6.07) is 0. The average Bonchev–Trinajstić information content (AvgIpc) is 2.80. The van der Waals surface area contributed by atoms with E-state index in [-0.39, 0.29) is 0 Å². The van der Waals surface area contributed by atoms with Gasteiger partial charge in [0.1, 0.15) is 0 Å². The third kappa shape index (κ3) is 2.72. The van der Waals surface area contributed by atoms with E-state index in [0.29, 0.717) is 0 Å². The van der Waals surface area contributed by atoms with Crippen LogP contribution in [0.4, 0.5) is 48.3 Å². The summed E-state index contributed by atoms with van der Waals surface area (Å²) in [5.41, 5.74) is -10.4. The fourth-order valence-electron chi connectivity index (χ4n) is 3.18. The van der Waals surface area contributed by atoms with Gasteiger partial charge < -0.3 is 9.52 Å². The van der Waals surface area contributed by atoms with Crippen LogP contribution in [0.2, 0.25) is 0 Å². The maximum Gasteiger partial charge on any atom is 0.256 e. The quantitative estimate of drug-likeness (QED) is 0.160. The second-order valence-electron chi connectivity index (χ2n) is 6.39. The second kappa shape index (κ2) is 7.08. The fraction of sp³-hybridized carbons (Fsp3) is 0. The molecule has 172 valence electrons. The van der Waals surface area contributed by atoms with Crippen LogP contribution in [-0.2, 0) is 0 Å². The van der Waals surface area contributed by atoms with Crippen molar-refractivity contribution < 1.29 is 57.8 Å². The molecule has 33 heavy (non-hydrogen) atoms. The Labute approximate surface area is 172 Å². The van der Waals surface area contributed by atoms with E-state index < -0.39 is 109 Å². The van der Waals surface area contributed by atoms with Gasteiger partial charge in [-0.3, -0.25) is 4.79 Å². The number of aromatic hydroxyl groups is 1. The average molecular weight is 486 g/mol. The third-order valence-corrected chi connectivity index (χ3v) is 4.66. The van der Waals surface area contributed by atoms with Crippen molar-refractivity contribution in [2.75, 3.05) is 0 Å². The van der Waals surface area contributed by atoms with Gasteiger partial charge in [0.15, 0.2) is 52.0 Å². The molecule has 0 unspecified atom stereocenters. The number of fused-ring (bicyclic) bond motifs is 2. The molecule has 0 atom stereocenters. The molecule has 0 aromatic heterocycles. The number of halogens is 11. The van der Waals surface area contributed by atoms with Crippen molar-refractivity contribution in [3.8, 4) is 28.2 Å². The molecule has 0 saturated carbocycles. The Morgan fingerprint density at radius 2 is 0.970 bits per heavy atom. The molecule has 0 radical (unpaired) electrons. The maximum absolute atomic E-state index is 14.6. The maximum atomic E-state index is 14.6. The Kier molecular flexibility index (Phi) is 4.80. The van der Waals surface area contributed by atoms with Gasteiger partial charge in [-0.05, 0) is 0 Å². The summed E-state index contributed by atoms with van der Waals surface area (Å²) in [4.78, 5) is 11.5. The van der Waals surface area contributed by atoms with Crippen molar-refractivity contribution in [2.24, 2.45) is 0 Å². The summed E-state index contributed by atoms with van der Waals surface area (Å²) in [5.74, 6) is -32.6. The summed E-state index contributed by atoms with van der Waals surface area (Å²) < 4.78 is 160. The van der Waals surface area contributed by atoms with Gasteiger partial charge in [0.25, 0.3) is 5.43 Å². The van der Waals surface area contributed by atoms with Crippen LogP contribution in [0, 0.1) is 64.0 Å². The molecule has 0 bridgehead atoms. The lowest BCUT2D eigenvalue weighted by molar-refractivity contribution is 0.375. The van der Waals surface area contributed by atoms with E-state index in [0.717, 1.165) is 0 Å². The molecule has 0 fully saturated rings. The van der Waals surface area contributed by atoms with Gasteiger partial charge in [-0.2, -0.15) is 17.6 Å². The van der Waals surface area contributed by atoms with Gasteiger partial charge in [-0.1, -0.05) is 0 Å². The number of phenols is 1. The number of hydrogen-bond acceptors (Lipinski definition) is 3. The molecule has 2 aromatic rings. The van der Waals surface area contributed by atoms with Crippen molar-refractivity contribution in [2.45, 2.75) is 0 Å². The van der Waals surface area contributed by atoms with Crippen LogP contribution < -0.4 is 5.43 Å². The van der Waals surface area contributed by atoms with Crippen LogP contribution in [0.1, 0.15) is 0 Å². The SMILES string of the molecule is O=c1c(F)c2oc3c(F)c(O)c(F)c(F)c3c(-c3c(F)c(F)c(F)c(F)c3F)c-2c(F)c1F. The predicted octanol–water partition coefficient (Wildman–Crippen LogP) is 5.80. The second-order valence-corrected chi connectivity index (χ2v) is 6.39. The lowest BCUT2D eigenvalue weighted by Gasteiger charge is -2.19. The first kappa shape index (κ1) is 22.4. The van der Waals surface area contributed by atoms with Crippen LogP contribution in [0.25, 0.3) is 33.4 Å². The van der Waals surface area contributed by atoms with Crippen molar-refractivity contribution in [3.05, 3.63) is 74.2 Å². The highest BCUT2D eigenvalue weighted by Gasteiger charge is 2.38. The molecule has 3 nitrogen and oxygen atoms in total. The lowest BCUT2D eigenvalue weighted by atomic mass is 9.91. The Balaban J connectivity index is 2.49. The third-order valence-electron chi connectivity index (χ3n) is 4.66. The molecule has 1 heterocycles. The van der Waals surface area contributed by atoms with Crippen LogP contribution in [0.15, 0.2) is 9.21 Å². The molecule has 2 aliphatic rings. The summed E-state index contributed by atoms with van der Waals surface area (Å²) in [7, 11) is 0. The zero-order valence-corrected chi connectivity index (χ0v) is 14.9. The number of rotatable bonds is 1. The minimum Gasteiger partial charge on any atom is -0.503 e. The van der Waals surface area contributed by atoms with Gasteiger partial charge in [-0.15, -0.1) is 0 Å². The van der Waals surface area contributed by atoms with E-state index in [9.17, 15) is 58.2 Å². The zero-order valence-electron chi connectivity index (χ0n) is 14.9. The zero-order chi connectivity index (χ0) is 24.7. The van der Waals surface area contributed by atoms with Gasteiger partial charge >= 0.3 is 0 Å². The minimum atomic E-state index is -2.78. The molecular formula is C19HF11O3. The van der Waals surface area contributed by atoms with Gasteiger partial charge in [0.05, 0.1) is 16.5 Å². The Morgan fingerprint density at radius 3 is 1.52 bits per heavy atom. The highest BCUT2D eigenvalue weighted by atomic mass is 19.2. The first-order valence-corrected chi connectivity index (χ1v) is 8.16. The fourth-order valence-corrected chi connectivity index (χ4v) is 3.18. The van der Waals surface area contributed by atoms with Crippen LogP contribution in [-0.4, -0.2) is 5.11 Å². The molecular weight excluding hydrogens is 485 g/mol. The molecule has 1 aliphatic heterocycles. The Bertz CT molecular complexity index is 1530. The Morgan fingerprint density at radius 1 is 0.485 bits per heavy atom. The first-order chi connectivity index (χ1) is 15.3. The van der Waals surface area contributed by atoms with E-state index in [2.05, 4.69) is 4.42 Å². The molecule has 1 N–H and O–H groups in total. The largest absolute Gasteiger partial charge is 0.503 e. The van der Waals surface area contributed by atoms with Crippen LogP contribution in [0.5, 0.6) is 5.75 Å².